The van der Waals surface area contributed by atoms with E-state index in [0.29, 0.717) is 4.47 Å². The maximum atomic E-state index is 11.5. The average molecular weight is 293 g/mol. The van der Waals surface area contributed by atoms with E-state index in [1.165, 1.54) is 18.2 Å². The summed E-state index contributed by atoms with van der Waals surface area (Å²) in [6.45, 7) is 0. The summed E-state index contributed by atoms with van der Waals surface area (Å²) >= 11 is 3.15. The highest BCUT2D eigenvalue weighted by Crippen LogP contribution is 2.23. The predicted octanol–water partition coefficient (Wildman–Crippen LogP) is -0.00660. The first-order chi connectivity index (χ1) is 6.83. The summed E-state index contributed by atoms with van der Waals surface area (Å²) in [4.78, 5) is -0.126. The molecule has 8 heteroatoms. The minimum atomic E-state index is -3.91. The fraction of sp³-hybridized carbons (Fsp3) is 0. The van der Waals surface area contributed by atoms with E-state index in [1.807, 2.05) is 0 Å². The second-order valence-corrected chi connectivity index (χ2v) is 5.16. The zero-order chi connectivity index (χ0) is 11.6. The smallest absolute Gasteiger partial charge is 0.287 e. The van der Waals surface area contributed by atoms with Gasteiger partial charge in [0.05, 0.1) is 5.69 Å². The molecule has 0 aliphatic rings. The van der Waals surface area contributed by atoms with Crippen LogP contribution >= 0.6 is 15.9 Å². The molecular weight excluding hydrogens is 284 g/mol. The number of nitrogens with zero attached hydrogens (tertiary/aromatic N) is 1. The Kier molecular flexibility index (Phi) is 3.20. The highest BCUT2D eigenvalue weighted by atomic mass is 79.9. The number of benzene rings is 1. The molecule has 0 bridgehead atoms. The van der Waals surface area contributed by atoms with Gasteiger partial charge in [0, 0.05) is 4.47 Å². The second-order valence-electron chi connectivity index (χ2n) is 2.67. The topological polar surface area (TPSA) is 125 Å². The first-order valence-corrected chi connectivity index (χ1v) is 5.97. The van der Waals surface area contributed by atoms with Gasteiger partial charge in [-0.25, -0.2) is 0 Å². The number of hydrogen-bond donors (Lipinski definition) is 3. The van der Waals surface area contributed by atoms with Gasteiger partial charge in [0.2, 0.25) is 5.96 Å². The molecule has 1 rings (SSSR count). The van der Waals surface area contributed by atoms with E-state index in [9.17, 15) is 8.42 Å². The van der Waals surface area contributed by atoms with E-state index >= 15 is 0 Å². The molecular formula is C7H9BrN4O2S. The van der Waals surface area contributed by atoms with E-state index in [0.717, 1.165) is 0 Å². The lowest BCUT2D eigenvalue weighted by atomic mass is 10.3. The first kappa shape index (κ1) is 11.8. The molecule has 1 aromatic rings. The van der Waals surface area contributed by atoms with Crippen molar-refractivity contribution in [2.75, 3.05) is 5.73 Å². The monoisotopic (exact) mass is 292 g/mol. The molecule has 0 fully saturated rings. The molecule has 15 heavy (non-hydrogen) atoms. The second kappa shape index (κ2) is 4.07. The van der Waals surface area contributed by atoms with Crippen molar-refractivity contribution in [3.8, 4) is 0 Å². The van der Waals surface area contributed by atoms with Crippen molar-refractivity contribution in [2.45, 2.75) is 4.90 Å². The maximum absolute atomic E-state index is 11.5. The quantitative estimate of drug-likeness (QED) is 0.402. The standard InChI is InChI=1S/C7H9BrN4O2S/c8-4-1-2-6(5(9)3-4)15(13,14)12-7(10)11/h1-3H,9H2,(H4,10,11,12). The fourth-order valence-electron chi connectivity index (χ4n) is 0.942. The Labute approximate surface area is 95.3 Å². The van der Waals surface area contributed by atoms with Gasteiger partial charge < -0.3 is 17.2 Å². The van der Waals surface area contributed by atoms with E-state index in [-0.39, 0.29) is 10.6 Å². The third-order valence-corrected chi connectivity index (χ3v) is 3.35. The molecule has 0 unspecified atom stereocenters. The first-order valence-electron chi connectivity index (χ1n) is 3.74. The number of halogens is 1. The number of nitrogens with two attached hydrogens (primary N) is 3. The molecule has 0 atom stereocenters. The molecule has 0 spiro atoms. The Morgan fingerprint density at radius 1 is 1.33 bits per heavy atom. The molecule has 6 nitrogen and oxygen atoms in total. The molecule has 0 aliphatic heterocycles. The molecule has 0 radical (unpaired) electrons. The molecule has 0 aliphatic carbocycles. The zero-order valence-corrected chi connectivity index (χ0v) is 9.92. The third-order valence-electron chi connectivity index (χ3n) is 1.48. The summed E-state index contributed by atoms with van der Waals surface area (Å²) in [6.07, 6.45) is 0. The molecule has 0 aromatic heterocycles. The summed E-state index contributed by atoms with van der Waals surface area (Å²) in [7, 11) is -3.91. The number of hydrogen-bond acceptors (Lipinski definition) is 3. The summed E-state index contributed by atoms with van der Waals surface area (Å²) in [5.41, 5.74) is 15.6. The van der Waals surface area contributed by atoms with Gasteiger partial charge in [-0.15, -0.1) is 4.40 Å². The van der Waals surface area contributed by atoms with Crippen LogP contribution in [-0.4, -0.2) is 14.4 Å². The maximum Gasteiger partial charge on any atom is 0.287 e. The molecule has 0 saturated heterocycles. The highest BCUT2D eigenvalue weighted by molar-refractivity contribution is 9.10. The van der Waals surface area contributed by atoms with Gasteiger partial charge in [0.15, 0.2) is 0 Å². The number of guanidine groups is 1. The molecule has 1 aromatic carbocycles. The van der Waals surface area contributed by atoms with Crippen molar-refractivity contribution in [1.29, 1.82) is 0 Å². The predicted molar refractivity (Wildman–Crippen MR) is 61.5 cm³/mol. The highest BCUT2D eigenvalue weighted by Gasteiger charge is 2.16. The van der Waals surface area contributed by atoms with Crippen LogP contribution in [0.4, 0.5) is 5.69 Å². The van der Waals surface area contributed by atoms with Crippen molar-refractivity contribution >= 4 is 37.6 Å². The van der Waals surface area contributed by atoms with Crippen molar-refractivity contribution < 1.29 is 8.42 Å². The lowest BCUT2D eigenvalue weighted by molar-refractivity contribution is 0.598. The number of sulfonamides is 1. The minimum Gasteiger partial charge on any atom is -0.398 e. The van der Waals surface area contributed by atoms with Gasteiger partial charge in [-0.1, -0.05) is 15.9 Å². The van der Waals surface area contributed by atoms with Crippen LogP contribution < -0.4 is 17.2 Å². The van der Waals surface area contributed by atoms with Crippen LogP contribution in [0.15, 0.2) is 32.0 Å². The third kappa shape index (κ3) is 2.83. The lowest BCUT2D eigenvalue weighted by Gasteiger charge is -2.03. The normalized spacial score (nSPS) is 11.0. The SMILES string of the molecule is NC(N)=NS(=O)(=O)c1ccc(Br)cc1N. The van der Waals surface area contributed by atoms with Crippen LogP contribution in [0.3, 0.4) is 0 Å². The Balaban J connectivity index is 3.35. The van der Waals surface area contributed by atoms with E-state index < -0.39 is 16.0 Å². The van der Waals surface area contributed by atoms with Crippen LogP contribution in [0.5, 0.6) is 0 Å². The Morgan fingerprint density at radius 3 is 2.40 bits per heavy atom. The summed E-state index contributed by atoms with van der Waals surface area (Å²) < 4.78 is 26.9. The van der Waals surface area contributed by atoms with E-state index in [2.05, 4.69) is 20.3 Å². The molecule has 0 heterocycles. The van der Waals surface area contributed by atoms with Crippen LogP contribution in [-0.2, 0) is 10.0 Å². The molecule has 82 valence electrons. The van der Waals surface area contributed by atoms with Crippen LogP contribution in [0.1, 0.15) is 0 Å². The molecule has 0 saturated carbocycles. The van der Waals surface area contributed by atoms with Gasteiger partial charge in [-0.2, -0.15) is 8.42 Å². The van der Waals surface area contributed by atoms with Crippen LogP contribution in [0, 0.1) is 0 Å². The number of rotatable bonds is 2. The van der Waals surface area contributed by atoms with E-state index in [4.69, 9.17) is 17.2 Å². The Hall–Kier alpha value is -1.28. The van der Waals surface area contributed by atoms with Gasteiger partial charge in [0.25, 0.3) is 10.0 Å². The van der Waals surface area contributed by atoms with Crippen molar-refractivity contribution in [3.05, 3.63) is 22.7 Å². The Bertz CT molecular complexity index is 508. The summed E-state index contributed by atoms with van der Waals surface area (Å²) in [6, 6.07) is 4.31. The van der Waals surface area contributed by atoms with Crippen molar-refractivity contribution in [2.24, 2.45) is 15.9 Å². The molecule has 6 N–H and O–H groups in total. The van der Waals surface area contributed by atoms with Gasteiger partial charge >= 0.3 is 0 Å². The van der Waals surface area contributed by atoms with Gasteiger partial charge in [-0.3, -0.25) is 0 Å². The zero-order valence-electron chi connectivity index (χ0n) is 7.51. The van der Waals surface area contributed by atoms with E-state index in [1.54, 1.807) is 0 Å². The molecule has 0 amide bonds. The average Bonchev–Trinajstić information content (AvgIpc) is 1.99. The largest absolute Gasteiger partial charge is 0.398 e. The van der Waals surface area contributed by atoms with Gasteiger partial charge in [-0.05, 0) is 18.2 Å². The van der Waals surface area contributed by atoms with Crippen molar-refractivity contribution in [1.82, 2.24) is 0 Å². The van der Waals surface area contributed by atoms with Gasteiger partial charge in [0.1, 0.15) is 4.90 Å². The summed E-state index contributed by atoms with van der Waals surface area (Å²) in [5.74, 6) is -0.530. The Morgan fingerprint density at radius 2 is 1.93 bits per heavy atom. The van der Waals surface area contributed by atoms with Crippen LogP contribution in [0.25, 0.3) is 0 Å². The van der Waals surface area contributed by atoms with Crippen molar-refractivity contribution in [3.63, 3.8) is 0 Å². The summed E-state index contributed by atoms with van der Waals surface area (Å²) in [5, 5.41) is 0. The minimum absolute atomic E-state index is 0.0781. The van der Waals surface area contributed by atoms with Crippen LogP contribution in [0.2, 0.25) is 0 Å². The lowest BCUT2D eigenvalue weighted by Crippen LogP contribution is -2.24. The fourth-order valence-corrected chi connectivity index (χ4v) is 2.29. The number of anilines is 1. The number of nitrogen functional groups attached to an aromatic ring is 1.